The highest BCUT2D eigenvalue weighted by Crippen LogP contribution is 2.26. The molecule has 2 heterocycles. The molecule has 3 aromatic rings. The average Bonchev–Trinajstić information content (AvgIpc) is 3.11. The molecule has 1 aliphatic rings. The molecule has 3 N–H and O–H groups in total. The van der Waals surface area contributed by atoms with Crippen molar-refractivity contribution in [2.24, 2.45) is 5.92 Å². The Hall–Kier alpha value is -2.83. The number of benzene rings is 2. The summed E-state index contributed by atoms with van der Waals surface area (Å²) in [5.74, 6) is -0.819. The predicted octanol–water partition coefficient (Wildman–Crippen LogP) is 4.40. The Morgan fingerprint density at radius 3 is 2.69 bits per heavy atom. The van der Waals surface area contributed by atoms with Gasteiger partial charge in [-0.2, -0.15) is 0 Å². The molecule has 4 rings (SSSR count). The summed E-state index contributed by atoms with van der Waals surface area (Å²) in [6.45, 7) is 5.71. The minimum atomic E-state index is -1.08. The number of aromatic amines is 1. The van der Waals surface area contributed by atoms with E-state index in [0.717, 1.165) is 32.5 Å². The van der Waals surface area contributed by atoms with Gasteiger partial charge in [-0.1, -0.05) is 41.4 Å². The minimum Gasteiger partial charge on any atom is -0.477 e. The van der Waals surface area contributed by atoms with Gasteiger partial charge in [0.15, 0.2) is 0 Å². The molecule has 1 fully saturated rings. The summed E-state index contributed by atoms with van der Waals surface area (Å²) in [6, 6.07) is 13.7. The maximum atomic E-state index is 12.6. The van der Waals surface area contributed by atoms with Gasteiger partial charge >= 0.3 is 5.97 Å². The lowest BCUT2D eigenvalue weighted by Gasteiger charge is -2.32. The summed E-state index contributed by atoms with van der Waals surface area (Å²) in [6.07, 6.45) is 2.08. The zero-order chi connectivity index (χ0) is 22.7. The van der Waals surface area contributed by atoms with Crippen LogP contribution < -0.4 is 5.32 Å². The number of piperidine rings is 1. The molecular weight excluding hydrogens is 426 g/mol. The molecule has 0 bridgehead atoms. The van der Waals surface area contributed by atoms with Gasteiger partial charge in [-0.25, -0.2) is 4.79 Å². The average molecular weight is 454 g/mol. The SMILES string of the molecule is Cc1cccc(CN2CCC(CNC(=O)Cc3c(C(=O)O)[nH]c4ccc(Cl)cc34)CC2)c1. The maximum Gasteiger partial charge on any atom is 0.352 e. The molecule has 0 spiro atoms. The number of aromatic carboxylic acids is 1. The van der Waals surface area contributed by atoms with E-state index in [0.29, 0.717) is 34.0 Å². The fraction of sp³-hybridized carbons (Fsp3) is 0.360. The summed E-state index contributed by atoms with van der Waals surface area (Å²) < 4.78 is 0. The summed E-state index contributed by atoms with van der Waals surface area (Å²) in [4.78, 5) is 29.6. The molecule has 168 valence electrons. The summed E-state index contributed by atoms with van der Waals surface area (Å²) in [5, 5.41) is 13.7. The predicted molar refractivity (Wildman–Crippen MR) is 126 cm³/mol. The van der Waals surface area contributed by atoms with Crippen molar-refractivity contribution >= 4 is 34.4 Å². The van der Waals surface area contributed by atoms with E-state index in [-0.39, 0.29) is 18.0 Å². The minimum absolute atomic E-state index is 0.00811. The van der Waals surface area contributed by atoms with Gasteiger partial charge < -0.3 is 15.4 Å². The summed E-state index contributed by atoms with van der Waals surface area (Å²) >= 11 is 6.08. The number of nitrogens with zero attached hydrogens (tertiary/aromatic N) is 1. The number of nitrogens with one attached hydrogen (secondary N) is 2. The fourth-order valence-electron chi connectivity index (χ4n) is 4.48. The fourth-order valence-corrected chi connectivity index (χ4v) is 4.66. The first-order valence-electron chi connectivity index (χ1n) is 11.0. The van der Waals surface area contributed by atoms with E-state index < -0.39 is 5.97 Å². The van der Waals surface area contributed by atoms with Crippen LogP contribution in [-0.2, 0) is 17.8 Å². The molecule has 1 amide bonds. The standard InChI is InChI=1S/C25H28ClN3O3/c1-16-3-2-4-18(11-16)15-29-9-7-17(8-10-29)14-27-23(30)13-21-20-12-19(26)5-6-22(20)28-24(21)25(31)32/h2-6,11-12,17,28H,7-10,13-15H2,1H3,(H,27,30)(H,31,32). The number of halogens is 1. The summed E-state index contributed by atoms with van der Waals surface area (Å²) in [7, 11) is 0. The molecule has 1 saturated heterocycles. The number of carbonyl (C=O) groups is 2. The maximum absolute atomic E-state index is 12.6. The van der Waals surface area contributed by atoms with E-state index in [1.807, 2.05) is 0 Å². The highest BCUT2D eigenvalue weighted by molar-refractivity contribution is 6.31. The Balaban J connectivity index is 1.30. The van der Waals surface area contributed by atoms with Crippen LogP contribution in [0.3, 0.4) is 0 Å². The Morgan fingerprint density at radius 2 is 1.97 bits per heavy atom. The van der Waals surface area contributed by atoms with Crippen LogP contribution in [0.4, 0.5) is 0 Å². The molecule has 1 aliphatic heterocycles. The van der Waals surface area contributed by atoms with Gasteiger partial charge in [0.05, 0.1) is 6.42 Å². The molecule has 2 aromatic carbocycles. The molecule has 0 saturated carbocycles. The number of likely N-dealkylation sites (tertiary alicyclic amines) is 1. The quantitative estimate of drug-likeness (QED) is 0.495. The number of aromatic nitrogens is 1. The second kappa shape index (κ2) is 9.76. The van der Waals surface area contributed by atoms with E-state index in [1.54, 1.807) is 18.2 Å². The number of hydrogen-bond donors (Lipinski definition) is 3. The first kappa shape index (κ1) is 22.4. The van der Waals surface area contributed by atoms with Gasteiger partial charge in [-0.05, 0) is 62.5 Å². The number of H-pyrrole nitrogens is 1. The van der Waals surface area contributed by atoms with Crippen LogP contribution in [0, 0.1) is 12.8 Å². The molecule has 7 heteroatoms. The first-order valence-corrected chi connectivity index (χ1v) is 11.3. The highest BCUT2D eigenvalue weighted by atomic mass is 35.5. The second-order valence-corrected chi connectivity index (χ2v) is 9.10. The van der Waals surface area contributed by atoms with E-state index in [2.05, 4.69) is 46.4 Å². The molecule has 1 aromatic heterocycles. The number of amides is 1. The van der Waals surface area contributed by atoms with Gasteiger partial charge in [0.25, 0.3) is 0 Å². The molecular formula is C25H28ClN3O3. The van der Waals surface area contributed by atoms with Crippen molar-refractivity contribution in [1.29, 1.82) is 0 Å². The van der Waals surface area contributed by atoms with E-state index in [9.17, 15) is 14.7 Å². The molecule has 0 atom stereocenters. The van der Waals surface area contributed by atoms with Crippen LogP contribution in [-0.4, -0.2) is 46.5 Å². The molecule has 0 unspecified atom stereocenters. The highest BCUT2D eigenvalue weighted by Gasteiger charge is 2.22. The Kier molecular flexibility index (Phi) is 6.82. The van der Waals surface area contributed by atoms with Crippen molar-refractivity contribution in [2.75, 3.05) is 19.6 Å². The van der Waals surface area contributed by atoms with Crippen LogP contribution in [0.25, 0.3) is 10.9 Å². The smallest absolute Gasteiger partial charge is 0.352 e. The Bertz CT molecular complexity index is 1130. The van der Waals surface area contributed by atoms with Crippen molar-refractivity contribution in [2.45, 2.75) is 32.7 Å². The van der Waals surface area contributed by atoms with E-state index >= 15 is 0 Å². The Labute approximate surface area is 192 Å². The van der Waals surface area contributed by atoms with Crippen molar-refractivity contribution < 1.29 is 14.7 Å². The molecule has 6 nitrogen and oxygen atoms in total. The van der Waals surface area contributed by atoms with Crippen LogP contribution in [0.1, 0.15) is 40.0 Å². The number of fused-ring (bicyclic) bond motifs is 1. The number of carboxylic acids is 1. The van der Waals surface area contributed by atoms with Crippen molar-refractivity contribution in [3.8, 4) is 0 Å². The van der Waals surface area contributed by atoms with Gasteiger partial charge in [-0.15, -0.1) is 0 Å². The topological polar surface area (TPSA) is 85.4 Å². The van der Waals surface area contributed by atoms with Crippen molar-refractivity contribution in [3.05, 3.63) is 69.9 Å². The third-order valence-electron chi connectivity index (χ3n) is 6.20. The normalized spacial score (nSPS) is 15.2. The van der Waals surface area contributed by atoms with Gasteiger partial charge in [0.1, 0.15) is 5.69 Å². The van der Waals surface area contributed by atoms with Crippen LogP contribution >= 0.6 is 11.6 Å². The lowest BCUT2D eigenvalue weighted by atomic mass is 9.96. The van der Waals surface area contributed by atoms with Crippen LogP contribution in [0.5, 0.6) is 0 Å². The largest absolute Gasteiger partial charge is 0.477 e. The number of carboxylic acid groups (broad SMARTS) is 1. The number of aryl methyl sites for hydroxylation is 1. The molecule has 0 radical (unpaired) electrons. The number of carbonyl (C=O) groups excluding carboxylic acids is 1. The molecule has 0 aliphatic carbocycles. The van der Waals surface area contributed by atoms with E-state index in [4.69, 9.17) is 11.6 Å². The molecule has 32 heavy (non-hydrogen) atoms. The third-order valence-corrected chi connectivity index (χ3v) is 6.44. The lowest BCUT2D eigenvalue weighted by Crippen LogP contribution is -2.38. The lowest BCUT2D eigenvalue weighted by molar-refractivity contribution is -0.120. The Morgan fingerprint density at radius 1 is 1.19 bits per heavy atom. The number of rotatable bonds is 7. The first-order chi connectivity index (χ1) is 15.4. The van der Waals surface area contributed by atoms with Gasteiger partial charge in [0, 0.05) is 34.6 Å². The second-order valence-electron chi connectivity index (χ2n) is 8.66. The zero-order valence-electron chi connectivity index (χ0n) is 18.2. The van der Waals surface area contributed by atoms with Crippen LogP contribution in [0.15, 0.2) is 42.5 Å². The monoisotopic (exact) mass is 453 g/mol. The summed E-state index contributed by atoms with van der Waals surface area (Å²) in [5.41, 5.74) is 3.80. The zero-order valence-corrected chi connectivity index (χ0v) is 18.9. The number of hydrogen-bond acceptors (Lipinski definition) is 3. The van der Waals surface area contributed by atoms with Gasteiger partial charge in [-0.3, -0.25) is 9.69 Å². The third kappa shape index (κ3) is 5.31. The van der Waals surface area contributed by atoms with Crippen molar-refractivity contribution in [1.82, 2.24) is 15.2 Å². The van der Waals surface area contributed by atoms with Crippen molar-refractivity contribution in [3.63, 3.8) is 0 Å². The van der Waals surface area contributed by atoms with E-state index in [1.165, 1.54) is 11.1 Å². The van der Waals surface area contributed by atoms with Crippen LogP contribution in [0.2, 0.25) is 5.02 Å². The van der Waals surface area contributed by atoms with Gasteiger partial charge in [0.2, 0.25) is 5.91 Å².